The van der Waals surface area contributed by atoms with Crippen LogP contribution in [0.1, 0.15) is 330 Å². The smallest absolute Gasteiger partial charge is 0.306 e. The summed E-state index contributed by atoms with van der Waals surface area (Å²) in [5.41, 5.74) is 0. The van der Waals surface area contributed by atoms with E-state index in [1.165, 1.54) is 250 Å². The first-order chi connectivity index (χ1) is 28.9. The fourth-order valence-corrected chi connectivity index (χ4v) is 8.24. The van der Waals surface area contributed by atoms with Gasteiger partial charge in [-0.2, -0.15) is 0 Å². The van der Waals surface area contributed by atoms with Gasteiger partial charge in [-0.05, 0) is 52.4 Å². The molecule has 0 N–H and O–H groups in total. The zero-order valence-electron chi connectivity index (χ0n) is 41.6. The number of ether oxygens (including phenoxy) is 2. The molecule has 0 fully saturated rings. The number of hydrogen-bond donors (Lipinski definition) is 0. The Hall–Kier alpha value is -1.06. The molecule has 0 aromatic carbocycles. The summed E-state index contributed by atoms with van der Waals surface area (Å²) in [6.45, 7) is 12.9. The van der Waals surface area contributed by atoms with E-state index in [9.17, 15) is 9.59 Å². The van der Waals surface area contributed by atoms with Crippen molar-refractivity contribution >= 4 is 11.9 Å². The lowest BCUT2D eigenvalue weighted by molar-refractivity contribution is -0.150. The van der Waals surface area contributed by atoms with Crippen molar-refractivity contribution in [1.82, 2.24) is 0 Å². The molecule has 4 heteroatoms. The summed E-state index contributed by atoms with van der Waals surface area (Å²) in [6, 6.07) is 0. The summed E-state index contributed by atoms with van der Waals surface area (Å²) in [4.78, 5) is 23.9. The molecule has 0 aromatic heterocycles. The first-order valence-electron chi connectivity index (χ1n) is 27.3. The molecule has 0 saturated heterocycles. The molecule has 0 radical (unpaired) electrons. The van der Waals surface area contributed by atoms with Crippen molar-refractivity contribution in [2.24, 2.45) is 0 Å². The molecular weight excluding hydrogens is 725 g/mol. The summed E-state index contributed by atoms with van der Waals surface area (Å²) in [7, 11) is 0. The average molecular weight is 835 g/mol. The van der Waals surface area contributed by atoms with Crippen molar-refractivity contribution in [1.29, 1.82) is 0 Å². The van der Waals surface area contributed by atoms with E-state index in [0.29, 0.717) is 12.8 Å². The van der Waals surface area contributed by atoms with Crippen molar-refractivity contribution in [2.45, 2.75) is 343 Å². The normalized spacial score (nSPS) is 11.8. The maximum absolute atomic E-state index is 12.5. The van der Waals surface area contributed by atoms with Crippen LogP contribution in [0.25, 0.3) is 0 Å². The Labute approximate surface area is 372 Å². The predicted octanol–water partition coefficient (Wildman–Crippen LogP) is 19.5. The zero-order chi connectivity index (χ0) is 43.5. The van der Waals surface area contributed by atoms with Crippen molar-refractivity contribution in [3.05, 3.63) is 0 Å². The van der Waals surface area contributed by atoms with E-state index in [0.717, 1.165) is 25.7 Å². The number of esters is 2. The summed E-state index contributed by atoms with van der Waals surface area (Å²) < 4.78 is 11.1. The summed E-state index contributed by atoms with van der Waals surface area (Å²) in [5.74, 6) is 0.0347. The Morgan fingerprint density at radius 3 is 0.729 bits per heavy atom. The van der Waals surface area contributed by atoms with Gasteiger partial charge in [-0.15, -0.1) is 0 Å². The monoisotopic (exact) mass is 835 g/mol. The molecular formula is C55H110O4. The molecule has 0 spiro atoms. The van der Waals surface area contributed by atoms with Gasteiger partial charge in [0.2, 0.25) is 0 Å². The molecule has 4 nitrogen and oxygen atoms in total. The Bertz CT molecular complexity index is 794. The van der Waals surface area contributed by atoms with Gasteiger partial charge in [0, 0.05) is 12.8 Å². The van der Waals surface area contributed by atoms with Crippen molar-refractivity contribution in [3.63, 3.8) is 0 Å². The van der Waals surface area contributed by atoms with Gasteiger partial charge in [0.1, 0.15) is 6.10 Å². The molecule has 0 aliphatic rings. The summed E-state index contributed by atoms with van der Waals surface area (Å²) in [6.07, 6.45) is 58.5. The fourth-order valence-electron chi connectivity index (χ4n) is 8.24. The number of carbonyl (C=O) groups is 2. The maximum Gasteiger partial charge on any atom is 0.306 e. The van der Waals surface area contributed by atoms with E-state index in [4.69, 9.17) is 9.47 Å². The molecule has 59 heavy (non-hydrogen) atoms. The Kier molecular flexibility index (Phi) is 54.0. The Balaban J connectivity index is 0. The molecule has 0 rings (SSSR count). The highest BCUT2D eigenvalue weighted by atomic mass is 16.5. The van der Waals surface area contributed by atoms with E-state index in [2.05, 4.69) is 27.7 Å². The lowest BCUT2D eigenvalue weighted by Crippen LogP contribution is -2.18. The van der Waals surface area contributed by atoms with E-state index >= 15 is 0 Å². The highest BCUT2D eigenvalue weighted by Gasteiger charge is 2.14. The highest BCUT2D eigenvalue weighted by Crippen LogP contribution is 2.19. The van der Waals surface area contributed by atoms with Crippen LogP contribution in [0.3, 0.4) is 0 Å². The zero-order valence-corrected chi connectivity index (χ0v) is 41.6. The van der Waals surface area contributed by atoms with Gasteiger partial charge in [0.25, 0.3) is 0 Å². The third kappa shape index (κ3) is 54.9. The van der Waals surface area contributed by atoms with E-state index in [1.54, 1.807) is 0 Å². The van der Waals surface area contributed by atoms with Gasteiger partial charge in [0.05, 0.1) is 6.10 Å². The minimum absolute atomic E-state index is 0.0267. The summed E-state index contributed by atoms with van der Waals surface area (Å²) >= 11 is 0. The van der Waals surface area contributed by atoms with Gasteiger partial charge in [-0.25, -0.2) is 0 Å². The van der Waals surface area contributed by atoms with Crippen molar-refractivity contribution in [3.8, 4) is 0 Å². The van der Waals surface area contributed by atoms with Crippen LogP contribution >= 0.6 is 0 Å². The van der Waals surface area contributed by atoms with E-state index in [1.807, 2.05) is 13.8 Å². The number of carbonyl (C=O) groups excluding carboxylic acids is 2. The molecule has 0 bridgehead atoms. The fraction of sp³-hybridized carbons (Fsp3) is 0.964. The van der Waals surface area contributed by atoms with Gasteiger partial charge >= 0.3 is 11.9 Å². The molecule has 1 atom stereocenters. The molecule has 0 aliphatic heterocycles. The molecule has 0 aliphatic carbocycles. The van der Waals surface area contributed by atoms with Crippen LogP contribution in [0.2, 0.25) is 0 Å². The van der Waals surface area contributed by atoms with Crippen LogP contribution in [0.5, 0.6) is 0 Å². The quantitative estimate of drug-likeness (QED) is 0.0453. The van der Waals surface area contributed by atoms with Crippen molar-refractivity contribution < 1.29 is 19.1 Å². The lowest BCUT2D eigenvalue weighted by Gasteiger charge is -2.18. The Morgan fingerprint density at radius 1 is 0.288 bits per heavy atom. The lowest BCUT2D eigenvalue weighted by atomic mass is 10.0. The topological polar surface area (TPSA) is 52.6 Å². The second-order valence-electron chi connectivity index (χ2n) is 18.8. The predicted molar refractivity (Wildman–Crippen MR) is 262 cm³/mol. The van der Waals surface area contributed by atoms with Crippen LogP contribution in [0.15, 0.2) is 0 Å². The molecule has 0 amide bonds. The number of hydrogen-bond acceptors (Lipinski definition) is 4. The SMILES string of the molecule is CCCCCCCCCCCCCC(=O)OC(CCCCCCCC)CCCCCCCCCCC.CCCCCCCCCCCCCCCCCC(=O)OC(C)C. The number of rotatable bonds is 47. The highest BCUT2D eigenvalue weighted by molar-refractivity contribution is 5.69. The standard InChI is InChI=1S/C34H68O2.C21H42O2/c1-4-7-10-13-16-18-19-21-23-26-29-32-34(35)36-33(30-27-24-15-12-9-6-3)31-28-25-22-20-17-14-11-8-5-2;1-4-5-6-7-8-9-10-11-12-13-14-15-16-17-18-19-21(22)23-20(2)3/h33H,4-32H2,1-3H3;20H,4-19H2,1-3H3. The van der Waals surface area contributed by atoms with E-state index < -0.39 is 0 Å². The average Bonchev–Trinajstić information content (AvgIpc) is 3.21. The van der Waals surface area contributed by atoms with Crippen LogP contribution in [0.4, 0.5) is 0 Å². The van der Waals surface area contributed by atoms with Gasteiger partial charge in [-0.1, -0.05) is 265 Å². The maximum atomic E-state index is 12.5. The second-order valence-corrected chi connectivity index (χ2v) is 18.8. The van der Waals surface area contributed by atoms with Gasteiger partial charge in [0.15, 0.2) is 0 Å². The van der Waals surface area contributed by atoms with Crippen LogP contribution in [0, 0.1) is 0 Å². The molecule has 0 aromatic rings. The summed E-state index contributed by atoms with van der Waals surface area (Å²) in [5, 5.41) is 0. The van der Waals surface area contributed by atoms with Crippen molar-refractivity contribution in [2.75, 3.05) is 0 Å². The third-order valence-electron chi connectivity index (χ3n) is 12.1. The number of unbranched alkanes of at least 4 members (excludes halogenated alkanes) is 37. The molecule has 1 unspecified atom stereocenters. The molecule has 0 saturated carbocycles. The largest absolute Gasteiger partial charge is 0.463 e. The van der Waals surface area contributed by atoms with Gasteiger partial charge in [-0.3, -0.25) is 9.59 Å². The molecule has 0 heterocycles. The minimum Gasteiger partial charge on any atom is -0.463 e. The third-order valence-corrected chi connectivity index (χ3v) is 12.1. The minimum atomic E-state index is -0.0327. The second kappa shape index (κ2) is 53.1. The van der Waals surface area contributed by atoms with Crippen LogP contribution < -0.4 is 0 Å². The van der Waals surface area contributed by atoms with Crippen LogP contribution in [-0.2, 0) is 19.1 Å². The van der Waals surface area contributed by atoms with E-state index in [-0.39, 0.29) is 24.1 Å². The van der Waals surface area contributed by atoms with Crippen LogP contribution in [-0.4, -0.2) is 24.1 Å². The van der Waals surface area contributed by atoms with Gasteiger partial charge < -0.3 is 9.47 Å². The molecule has 354 valence electrons. The first kappa shape index (κ1) is 60.0. The Morgan fingerprint density at radius 2 is 0.492 bits per heavy atom. The first-order valence-corrected chi connectivity index (χ1v) is 27.3.